The van der Waals surface area contributed by atoms with Gasteiger partial charge in [-0.3, -0.25) is 4.79 Å². The molecule has 0 atom stereocenters. The Kier molecular flexibility index (Phi) is 5.16. The number of nitrogens with zero attached hydrogens (tertiary/aromatic N) is 2. The molecule has 0 bridgehead atoms. The smallest absolute Gasteiger partial charge is 0.227 e. The third-order valence-corrected chi connectivity index (χ3v) is 4.29. The summed E-state index contributed by atoms with van der Waals surface area (Å²) in [5.41, 5.74) is 6.28. The largest absolute Gasteiger partial charge is 0.339 e. The summed E-state index contributed by atoms with van der Waals surface area (Å²) in [6.07, 6.45) is 0.705. The molecule has 5 nitrogen and oxygen atoms in total. The molecule has 3 rings (SSSR count). The summed E-state index contributed by atoms with van der Waals surface area (Å²) in [5, 5.41) is 6.99. The first-order chi connectivity index (χ1) is 12.4. The van der Waals surface area contributed by atoms with Crippen LogP contribution in [0.5, 0.6) is 0 Å². The van der Waals surface area contributed by atoms with E-state index < -0.39 is 0 Å². The van der Waals surface area contributed by atoms with Crippen LogP contribution in [0.25, 0.3) is 11.4 Å². The van der Waals surface area contributed by atoms with Gasteiger partial charge in [0.05, 0.1) is 0 Å². The molecule has 2 aromatic carbocycles. The van der Waals surface area contributed by atoms with Crippen molar-refractivity contribution in [2.45, 2.75) is 40.5 Å². The van der Waals surface area contributed by atoms with Crippen molar-refractivity contribution in [2.75, 3.05) is 5.32 Å². The first kappa shape index (κ1) is 17.9. The van der Waals surface area contributed by atoms with Gasteiger partial charge in [0.25, 0.3) is 0 Å². The number of amides is 1. The van der Waals surface area contributed by atoms with Gasteiger partial charge in [0.1, 0.15) is 0 Å². The Labute approximate surface area is 153 Å². The molecule has 0 fully saturated rings. The Morgan fingerprint density at radius 2 is 1.65 bits per heavy atom. The minimum Gasteiger partial charge on any atom is -0.339 e. The molecule has 3 aromatic rings. The van der Waals surface area contributed by atoms with Crippen molar-refractivity contribution in [3.05, 3.63) is 64.5 Å². The second kappa shape index (κ2) is 7.52. The molecule has 5 heteroatoms. The van der Waals surface area contributed by atoms with Crippen molar-refractivity contribution >= 4 is 11.6 Å². The lowest BCUT2D eigenvalue weighted by molar-refractivity contribution is -0.116. The van der Waals surface area contributed by atoms with Gasteiger partial charge in [-0.15, -0.1) is 0 Å². The van der Waals surface area contributed by atoms with Crippen LogP contribution >= 0.6 is 0 Å². The SMILES string of the molecule is Cc1ccc(-c2noc(CCC(=O)Nc3c(C)cc(C)cc3C)n2)cc1. The van der Waals surface area contributed by atoms with E-state index in [1.165, 1.54) is 11.1 Å². The van der Waals surface area contributed by atoms with Crippen molar-refractivity contribution in [1.82, 2.24) is 10.1 Å². The summed E-state index contributed by atoms with van der Waals surface area (Å²) >= 11 is 0. The summed E-state index contributed by atoms with van der Waals surface area (Å²) in [6, 6.07) is 12.1. The zero-order valence-corrected chi connectivity index (χ0v) is 15.6. The molecular weight excluding hydrogens is 326 g/mol. The van der Waals surface area contributed by atoms with Crippen LogP contribution in [-0.2, 0) is 11.2 Å². The van der Waals surface area contributed by atoms with Gasteiger partial charge in [0, 0.05) is 24.1 Å². The summed E-state index contributed by atoms with van der Waals surface area (Å²) in [4.78, 5) is 16.7. The van der Waals surface area contributed by atoms with Crippen molar-refractivity contribution in [3.63, 3.8) is 0 Å². The maximum Gasteiger partial charge on any atom is 0.227 e. The second-order valence-electron chi connectivity index (χ2n) is 6.70. The number of hydrogen-bond acceptors (Lipinski definition) is 4. The minimum absolute atomic E-state index is 0.0601. The summed E-state index contributed by atoms with van der Waals surface area (Å²) < 4.78 is 5.27. The molecule has 0 saturated carbocycles. The van der Waals surface area contributed by atoms with Crippen molar-refractivity contribution in [1.29, 1.82) is 0 Å². The zero-order chi connectivity index (χ0) is 18.7. The Morgan fingerprint density at radius 3 is 2.31 bits per heavy atom. The lowest BCUT2D eigenvalue weighted by Crippen LogP contribution is -2.14. The van der Waals surface area contributed by atoms with Crippen LogP contribution in [0.2, 0.25) is 0 Å². The Balaban J connectivity index is 1.61. The highest BCUT2D eigenvalue weighted by Gasteiger charge is 2.12. The van der Waals surface area contributed by atoms with Gasteiger partial charge < -0.3 is 9.84 Å². The molecule has 1 N–H and O–H groups in total. The number of anilines is 1. The molecule has 0 radical (unpaired) electrons. The third-order valence-electron chi connectivity index (χ3n) is 4.29. The van der Waals surface area contributed by atoms with E-state index in [2.05, 4.69) is 27.6 Å². The predicted octanol–water partition coefficient (Wildman–Crippen LogP) is 4.54. The molecular formula is C21H23N3O2. The number of carbonyl (C=O) groups excluding carboxylic acids is 1. The van der Waals surface area contributed by atoms with Crippen LogP contribution in [0.1, 0.15) is 34.6 Å². The molecule has 1 aromatic heterocycles. The van der Waals surface area contributed by atoms with Crippen LogP contribution in [0, 0.1) is 27.7 Å². The molecule has 134 valence electrons. The van der Waals surface area contributed by atoms with Crippen LogP contribution in [0.15, 0.2) is 40.9 Å². The van der Waals surface area contributed by atoms with E-state index >= 15 is 0 Å². The molecule has 1 amide bonds. The first-order valence-electron chi connectivity index (χ1n) is 8.69. The molecule has 0 spiro atoms. The van der Waals surface area contributed by atoms with E-state index in [0.717, 1.165) is 22.4 Å². The van der Waals surface area contributed by atoms with Crippen molar-refractivity contribution < 1.29 is 9.32 Å². The molecule has 1 heterocycles. The number of benzene rings is 2. The van der Waals surface area contributed by atoms with Gasteiger partial charge in [-0.05, 0) is 38.8 Å². The van der Waals surface area contributed by atoms with Crippen LogP contribution in [0.3, 0.4) is 0 Å². The number of aromatic nitrogens is 2. The topological polar surface area (TPSA) is 68.0 Å². The average molecular weight is 349 g/mol. The first-order valence-corrected chi connectivity index (χ1v) is 8.69. The normalized spacial score (nSPS) is 10.8. The van der Waals surface area contributed by atoms with Gasteiger partial charge in [0.15, 0.2) is 0 Å². The lowest BCUT2D eigenvalue weighted by Gasteiger charge is -2.12. The molecule has 0 aliphatic heterocycles. The quantitative estimate of drug-likeness (QED) is 0.734. The summed E-state index contributed by atoms with van der Waals surface area (Å²) in [5.74, 6) is 0.953. The fraction of sp³-hybridized carbons (Fsp3) is 0.286. The maximum absolute atomic E-state index is 12.3. The number of hydrogen-bond donors (Lipinski definition) is 1. The monoisotopic (exact) mass is 349 g/mol. The molecule has 26 heavy (non-hydrogen) atoms. The van der Waals surface area contributed by atoms with Gasteiger partial charge in [-0.2, -0.15) is 4.98 Å². The maximum atomic E-state index is 12.3. The highest BCUT2D eigenvalue weighted by molar-refractivity contribution is 5.92. The van der Waals surface area contributed by atoms with Gasteiger partial charge in [-0.1, -0.05) is 52.7 Å². The summed E-state index contributed by atoms with van der Waals surface area (Å²) in [7, 11) is 0. The molecule has 0 saturated heterocycles. The minimum atomic E-state index is -0.0601. The molecule has 0 aliphatic rings. The highest BCUT2D eigenvalue weighted by Crippen LogP contribution is 2.22. The highest BCUT2D eigenvalue weighted by atomic mass is 16.5. The second-order valence-corrected chi connectivity index (χ2v) is 6.70. The van der Waals surface area contributed by atoms with E-state index in [0.29, 0.717) is 24.6 Å². The van der Waals surface area contributed by atoms with Crippen LogP contribution < -0.4 is 5.32 Å². The average Bonchev–Trinajstić information content (AvgIpc) is 3.06. The Bertz CT molecular complexity index is 904. The Morgan fingerprint density at radius 1 is 1.00 bits per heavy atom. The number of carbonyl (C=O) groups is 1. The van der Waals surface area contributed by atoms with Crippen molar-refractivity contribution in [3.8, 4) is 11.4 Å². The van der Waals surface area contributed by atoms with Gasteiger partial charge in [-0.25, -0.2) is 0 Å². The van der Waals surface area contributed by atoms with E-state index in [4.69, 9.17) is 4.52 Å². The van der Waals surface area contributed by atoms with E-state index in [1.54, 1.807) is 0 Å². The van der Waals surface area contributed by atoms with E-state index in [-0.39, 0.29) is 5.91 Å². The van der Waals surface area contributed by atoms with Gasteiger partial charge in [0.2, 0.25) is 17.6 Å². The lowest BCUT2D eigenvalue weighted by atomic mass is 10.0. The fourth-order valence-electron chi connectivity index (χ4n) is 2.98. The third kappa shape index (κ3) is 4.17. The fourth-order valence-corrected chi connectivity index (χ4v) is 2.98. The number of aryl methyl sites for hydroxylation is 5. The van der Waals surface area contributed by atoms with Crippen LogP contribution in [-0.4, -0.2) is 16.0 Å². The zero-order valence-electron chi connectivity index (χ0n) is 15.6. The van der Waals surface area contributed by atoms with Gasteiger partial charge >= 0.3 is 0 Å². The summed E-state index contributed by atoms with van der Waals surface area (Å²) in [6.45, 7) is 8.08. The van der Waals surface area contributed by atoms with Crippen molar-refractivity contribution in [2.24, 2.45) is 0 Å². The Hall–Kier alpha value is -2.95. The number of rotatable bonds is 5. The number of nitrogens with one attached hydrogen (secondary N) is 1. The molecule has 0 aliphatic carbocycles. The van der Waals surface area contributed by atoms with Crippen LogP contribution in [0.4, 0.5) is 5.69 Å². The molecule has 0 unspecified atom stereocenters. The van der Waals surface area contributed by atoms with E-state index in [9.17, 15) is 4.79 Å². The predicted molar refractivity (Wildman–Crippen MR) is 102 cm³/mol. The standard InChI is InChI=1S/C21H23N3O2/c1-13-5-7-17(8-6-13)21-23-19(26-24-21)10-9-18(25)22-20-15(3)11-14(2)12-16(20)4/h5-8,11-12H,9-10H2,1-4H3,(H,22,25). The van der Waals surface area contributed by atoms with E-state index in [1.807, 2.05) is 52.0 Å².